The van der Waals surface area contributed by atoms with Crippen molar-refractivity contribution in [2.45, 2.75) is 60.5 Å². The Kier molecular flexibility index (Phi) is 5.94. The minimum atomic E-state index is -0.0699. The van der Waals surface area contributed by atoms with Crippen LogP contribution in [0.5, 0.6) is 0 Å². The number of carbonyl (C=O) groups excluding carboxylic acids is 1. The van der Waals surface area contributed by atoms with Crippen LogP contribution in [0.1, 0.15) is 56.1 Å². The molecule has 0 aliphatic heterocycles. The molecule has 2 heteroatoms. The molecule has 1 aromatic carbocycles. The second-order valence-electron chi connectivity index (χ2n) is 6.52. The third kappa shape index (κ3) is 4.17. The van der Waals surface area contributed by atoms with Crippen molar-refractivity contribution < 1.29 is 4.79 Å². The summed E-state index contributed by atoms with van der Waals surface area (Å²) in [6.45, 7) is 15.8. The van der Waals surface area contributed by atoms with Crippen molar-refractivity contribution in [3.05, 3.63) is 34.9 Å². The zero-order chi connectivity index (χ0) is 15.4. The van der Waals surface area contributed by atoms with E-state index in [2.05, 4.69) is 46.4 Å². The predicted molar refractivity (Wildman–Crippen MR) is 86.4 cm³/mol. The van der Waals surface area contributed by atoms with Crippen LogP contribution in [-0.4, -0.2) is 29.3 Å². The standard InChI is InChI=1S/C18H29NO/c1-12(2)11-19(13(3)4)16(7)18(20)17-9-8-14(5)15(6)10-17/h8-10,12-13,16H,11H2,1-7H3. The zero-order valence-electron chi connectivity index (χ0n) is 14.0. The molecule has 0 bridgehead atoms. The lowest BCUT2D eigenvalue weighted by atomic mass is 9.98. The number of hydrogen-bond donors (Lipinski definition) is 0. The van der Waals surface area contributed by atoms with Crippen molar-refractivity contribution in [2.75, 3.05) is 6.54 Å². The van der Waals surface area contributed by atoms with Crippen LogP contribution in [0.2, 0.25) is 0 Å². The first kappa shape index (κ1) is 16.9. The molecule has 2 nitrogen and oxygen atoms in total. The summed E-state index contributed by atoms with van der Waals surface area (Å²) in [4.78, 5) is 15.0. The molecule has 0 saturated heterocycles. The van der Waals surface area contributed by atoms with Gasteiger partial charge in [-0.2, -0.15) is 0 Å². The summed E-state index contributed by atoms with van der Waals surface area (Å²) in [6.07, 6.45) is 0. The molecule has 20 heavy (non-hydrogen) atoms. The number of rotatable bonds is 6. The number of ketones is 1. The van der Waals surface area contributed by atoms with Crippen LogP contribution < -0.4 is 0 Å². The SMILES string of the molecule is Cc1ccc(C(=O)C(C)N(CC(C)C)C(C)C)cc1C. The fourth-order valence-corrected chi connectivity index (χ4v) is 2.52. The van der Waals surface area contributed by atoms with E-state index in [9.17, 15) is 4.79 Å². The number of aryl methyl sites for hydroxylation is 2. The normalized spacial score (nSPS) is 13.3. The Morgan fingerprint density at radius 3 is 2.10 bits per heavy atom. The van der Waals surface area contributed by atoms with Gasteiger partial charge < -0.3 is 0 Å². The highest BCUT2D eigenvalue weighted by molar-refractivity contribution is 6.00. The lowest BCUT2D eigenvalue weighted by Crippen LogP contribution is -2.45. The Labute approximate surface area is 124 Å². The monoisotopic (exact) mass is 275 g/mol. The van der Waals surface area contributed by atoms with E-state index in [-0.39, 0.29) is 11.8 Å². The molecule has 112 valence electrons. The van der Waals surface area contributed by atoms with Crippen molar-refractivity contribution in [1.29, 1.82) is 0 Å². The van der Waals surface area contributed by atoms with Gasteiger partial charge in [-0.15, -0.1) is 0 Å². The van der Waals surface area contributed by atoms with E-state index < -0.39 is 0 Å². The quantitative estimate of drug-likeness (QED) is 0.724. The summed E-state index contributed by atoms with van der Waals surface area (Å²) >= 11 is 0. The van der Waals surface area contributed by atoms with Crippen LogP contribution in [-0.2, 0) is 0 Å². The molecule has 1 rings (SSSR count). The van der Waals surface area contributed by atoms with Gasteiger partial charge in [0.25, 0.3) is 0 Å². The van der Waals surface area contributed by atoms with E-state index in [0.29, 0.717) is 12.0 Å². The Bertz CT molecular complexity index is 462. The second-order valence-corrected chi connectivity index (χ2v) is 6.52. The van der Waals surface area contributed by atoms with Crippen molar-refractivity contribution in [2.24, 2.45) is 5.92 Å². The molecule has 0 aliphatic rings. The van der Waals surface area contributed by atoms with E-state index in [1.807, 2.05) is 25.1 Å². The van der Waals surface area contributed by atoms with Gasteiger partial charge in [-0.25, -0.2) is 0 Å². The van der Waals surface area contributed by atoms with E-state index in [1.165, 1.54) is 11.1 Å². The zero-order valence-corrected chi connectivity index (χ0v) is 14.0. The van der Waals surface area contributed by atoms with Gasteiger partial charge in [-0.05, 0) is 57.7 Å². The van der Waals surface area contributed by atoms with Crippen LogP contribution in [0.25, 0.3) is 0 Å². The molecule has 0 fully saturated rings. The summed E-state index contributed by atoms with van der Waals surface area (Å²) in [7, 11) is 0. The van der Waals surface area contributed by atoms with Crippen LogP contribution in [0, 0.1) is 19.8 Å². The molecule has 0 N–H and O–H groups in total. The van der Waals surface area contributed by atoms with Gasteiger partial charge in [-0.3, -0.25) is 9.69 Å². The summed E-state index contributed by atoms with van der Waals surface area (Å²) in [5.74, 6) is 0.787. The van der Waals surface area contributed by atoms with E-state index in [0.717, 1.165) is 12.1 Å². The van der Waals surface area contributed by atoms with Crippen molar-refractivity contribution in [3.8, 4) is 0 Å². The van der Waals surface area contributed by atoms with Gasteiger partial charge >= 0.3 is 0 Å². The van der Waals surface area contributed by atoms with Crippen LogP contribution >= 0.6 is 0 Å². The first-order valence-corrected chi connectivity index (χ1v) is 7.61. The van der Waals surface area contributed by atoms with Gasteiger partial charge in [0.2, 0.25) is 0 Å². The molecule has 0 saturated carbocycles. The van der Waals surface area contributed by atoms with Crippen molar-refractivity contribution in [3.63, 3.8) is 0 Å². The molecule has 1 aromatic rings. The average molecular weight is 275 g/mol. The molecular formula is C18H29NO. The molecule has 0 aliphatic carbocycles. The lowest BCUT2D eigenvalue weighted by Gasteiger charge is -2.33. The Morgan fingerprint density at radius 2 is 1.65 bits per heavy atom. The maximum absolute atomic E-state index is 12.7. The van der Waals surface area contributed by atoms with Crippen LogP contribution in [0.4, 0.5) is 0 Å². The summed E-state index contributed by atoms with van der Waals surface area (Å²) in [5, 5.41) is 0. The average Bonchev–Trinajstić information content (AvgIpc) is 2.37. The van der Waals surface area contributed by atoms with E-state index in [1.54, 1.807) is 0 Å². The summed E-state index contributed by atoms with van der Waals surface area (Å²) in [6, 6.07) is 6.32. The summed E-state index contributed by atoms with van der Waals surface area (Å²) in [5.41, 5.74) is 3.25. The molecule has 0 heterocycles. The largest absolute Gasteiger partial charge is 0.292 e. The highest BCUT2D eigenvalue weighted by Crippen LogP contribution is 2.16. The van der Waals surface area contributed by atoms with Crippen LogP contribution in [0.3, 0.4) is 0 Å². The minimum Gasteiger partial charge on any atom is -0.292 e. The van der Waals surface area contributed by atoms with Gasteiger partial charge in [0.15, 0.2) is 5.78 Å². The number of benzene rings is 1. The van der Waals surface area contributed by atoms with E-state index >= 15 is 0 Å². The minimum absolute atomic E-state index is 0.0699. The molecular weight excluding hydrogens is 246 g/mol. The highest BCUT2D eigenvalue weighted by atomic mass is 16.1. The van der Waals surface area contributed by atoms with Gasteiger partial charge in [0.1, 0.15) is 0 Å². The Balaban J connectivity index is 2.95. The maximum atomic E-state index is 12.7. The van der Waals surface area contributed by atoms with Crippen LogP contribution in [0.15, 0.2) is 18.2 Å². The predicted octanol–water partition coefficient (Wildman–Crippen LogP) is 4.24. The number of Topliss-reactive ketones (excluding diaryl/α,β-unsaturated/α-hetero) is 1. The third-order valence-corrected chi connectivity index (χ3v) is 3.91. The number of nitrogens with zero attached hydrogens (tertiary/aromatic N) is 1. The van der Waals surface area contributed by atoms with E-state index in [4.69, 9.17) is 0 Å². The highest BCUT2D eigenvalue weighted by Gasteiger charge is 2.25. The fraction of sp³-hybridized carbons (Fsp3) is 0.611. The maximum Gasteiger partial charge on any atom is 0.179 e. The lowest BCUT2D eigenvalue weighted by molar-refractivity contribution is 0.0762. The first-order chi connectivity index (χ1) is 9.23. The first-order valence-electron chi connectivity index (χ1n) is 7.61. The summed E-state index contributed by atoms with van der Waals surface area (Å²) < 4.78 is 0. The fourth-order valence-electron chi connectivity index (χ4n) is 2.52. The van der Waals surface area contributed by atoms with Crippen molar-refractivity contribution in [1.82, 2.24) is 4.90 Å². The molecule has 0 aromatic heterocycles. The molecule has 1 atom stereocenters. The second kappa shape index (κ2) is 7.03. The van der Waals surface area contributed by atoms with Crippen molar-refractivity contribution >= 4 is 5.78 Å². The molecule has 1 unspecified atom stereocenters. The molecule has 0 radical (unpaired) electrons. The van der Waals surface area contributed by atoms with Gasteiger partial charge in [-0.1, -0.05) is 26.0 Å². The molecule has 0 amide bonds. The van der Waals surface area contributed by atoms with Gasteiger partial charge in [0, 0.05) is 18.2 Å². The van der Waals surface area contributed by atoms with Gasteiger partial charge in [0.05, 0.1) is 6.04 Å². The number of carbonyl (C=O) groups is 1. The number of hydrogen-bond acceptors (Lipinski definition) is 2. The topological polar surface area (TPSA) is 20.3 Å². The Hall–Kier alpha value is -1.15. The Morgan fingerprint density at radius 1 is 1.05 bits per heavy atom. The molecule has 0 spiro atoms. The third-order valence-electron chi connectivity index (χ3n) is 3.91. The smallest absolute Gasteiger partial charge is 0.179 e.